The van der Waals surface area contributed by atoms with Crippen molar-refractivity contribution in [3.05, 3.63) is 36.0 Å². The summed E-state index contributed by atoms with van der Waals surface area (Å²) in [6.45, 7) is 12.4. The van der Waals surface area contributed by atoms with E-state index in [9.17, 15) is 14.4 Å². The fraction of sp³-hybridized carbons (Fsp3) is 0.613. The highest BCUT2D eigenvalue weighted by Crippen LogP contribution is 2.36. The molecule has 8 heteroatoms. The molecule has 1 amide bonds. The molecule has 4 rings (SSSR count). The van der Waals surface area contributed by atoms with Crippen LogP contribution in [0, 0.1) is 16.7 Å². The van der Waals surface area contributed by atoms with Crippen molar-refractivity contribution >= 4 is 28.6 Å². The first-order chi connectivity index (χ1) is 18.4. The molecule has 2 aliphatic rings. The Hall–Kier alpha value is -3.16. The standard InChI is InChI=1S/C31H42N2O6/c1-7-37-29(36)25-16-22-18-33(25)28(35)24(30(2,3)4)17-26(34)38-19-31(5,6)13-8-9-20-10-11-21-12-14-32-27(39-22)23(21)15-20/h10-12,14-15,22,24-25H,7-9,13,16-19H2,1-6H3/t22-,24-,25+/m1/s1. The molecular formula is C31H42N2O6. The number of carbonyl (C=O) groups is 3. The summed E-state index contributed by atoms with van der Waals surface area (Å²) in [5.74, 6) is -1.31. The molecule has 39 heavy (non-hydrogen) atoms. The first kappa shape index (κ1) is 28.8. The Morgan fingerprint density at radius 3 is 2.69 bits per heavy atom. The molecule has 1 fully saturated rings. The van der Waals surface area contributed by atoms with Gasteiger partial charge >= 0.3 is 11.9 Å². The van der Waals surface area contributed by atoms with Crippen LogP contribution in [0.5, 0.6) is 5.88 Å². The summed E-state index contributed by atoms with van der Waals surface area (Å²) in [4.78, 5) is 46.1. The van der Waals surface area contributed by atoms with Crippen molar-refractivity contribution in [2.45, 2.75) is 85.8 Å². The molecule has 3 atom stereocenters. The number of hydrogen-bond acceptors (Lipinski definition) is 7. The lowest BCUT2D eigenvalue weighted by Gasteiger charge is -2.34. The molecule has 1 aromatic carbocycles. The molecular weight excluding hydrogens is 496 g/mol. The topological polar surface area (TPSA) is 95.0 Å². The smallest absolute Gasteiger partial charge is 0.328 e. The number of benzene rings is 1. The summed E-state index contributed by atoms with van der Waals surface area (Å²) in [7, 11) is 0. The number of cyclic esters (lactones) is 1. The monoisotopic (exact) mass is 538 g/mol. The number of carbonyl (C=O) groups excluding carboxylic acids is 3. The zero-order chi connectivity index (χ0) is 28.4. The van der Waals surface area contributed by atoms with Gasteiger partial charge in [0.15, 0.2) is 0 Å². The number of hydrogen-bond donors (Lipinski definition) is 0. The summed E-state index contributed by atoms with van der Waals surface area (Å²) < 4.78 is 17.4. The van der Waals surface area contributed by atoms with Crippen LogP contribution in [0.25, 0.3) is 10.8 Å². The predicted molar refractivity (Wildman–Crippen MR) is 148 cm³/mol. The van der Waals surface area contributed by atoms with Crippen LogP contribution in [0.15, 0.2) is 30.5 Å². The van der Waals surface area contributed by atoms with Crippen LogP contribution in [0.3, 0.4) is 0 Å². The molecule has 0 unspecified atom stereocenters. The van der Waals surface area contributed by atoms with Crippen molar-refractivity contribution in [1.82, 2.24) is 9.88 Å². The minimum atomic E-state index is -0.796. The molecule has 0 N–H and O–H groups in total. The van der Waals surface area contributed by atoms with Crippen molar-refractivity contribution in [2.75, 3.05) is 19.8 Å². The highest BCUT2D eigenvalue weighted by Gasteiger charge is 2.46. The minimum Gasteiger partial charge on any atom is -0.472 e. The van der Waals surface area contributed by atoms with Crippen LogP contribution < -0.4 is 4.74 Å². The van der Waals surface area contributed by atoms with Crippen LogP contribution in [0.1, 0.15) is 72.8 Å². The predicted octanol–water partition coefficient (Wildman–Crippen LogP) is 5.10. The molecule has 2 aromatic rings. The average Bonchev–Trinajstić information content (AvgIpc) is 3.29. The summed E-state index contributed by atoms with van der Waals surface area (Å²) in [6.07, 6.45) is 4.21. The van der Waals surface area contributed by atoms with E-state index in [1.54, 1.807) is 13.1 Å². The Labute approximate surface area is 231 Å². The molecule has 8 nitrogen and oxygen atoms in total. The van der Waals surface area contributed by atoms with Crippen LogP contribution in [0.2, 0.25) is 0 Å². The first-order valence-electron chi connectivity index (χ1n) is 14.0. The van der Waals surface area contributed by atoms with E-state index < -0.39 is 35.4 Å². The fourth-order valence-corrected chi connectivity index (χ4v) is 5.49. The third kappa shape index (κ3) is 6.89. The second-order valence-electron chi connectivity index (χ2n) is 12.7. The van der Waals surface area contributed by atoms with Gasteiger partial charge in [0.05, 0.1) is 32.1 Å². The van der Waals surface area contributed by atoms with Crippen molar-refractivity contribution < 1.29 is 28.6 Å². The van der Waals surface area contributed by atoms with Gasteiger partial charge in [-0.3, -0.25) is 9.59 Å². The number of nitrogens with zero attached hydrogens (tertiary/aromatic N) is 2. The molecule has 1 saturated heterocycles. The molecule has 2 aliphatic heterocycles. The number of pyridine rings is 1. The maximum absolute atomic E-state index is 14.0. The van der Waals surface area contributed by atoms with E-state index in [2.05, 4.69) is 37.0 Å². The van der Waals surface area contributed by atoms with Gasteiger partial charge in [0, 0.05) is 18.0 Å². The van der Waals surface area contributed by atoms with Gasteiger partial charge in [-0.15, -0.1) is 0 Å². The van der Waals surface area contributed by atoms with E-state index in [1.165, 1.54) is 10.5 Å². The first-order valence-corrected chi connectivity index (χ1v) is 14.0. The van der Waals surface area contributed by atoms with E-state index in [1.807, 2.05) is 26.8 Å². The van der Waals surface area contributed by atoms with Crippen LogP contribution in [-0.2, 0) is 30.3 Å². The lowest BCUT2D eigenvalue weighted by Crippen LogP contribution is -2.48. The quantitative estimate of drug-likeness (QED) is 0.491. The number of esters is 2. The molecule has 0 saturated carbocycles. The fourth-order valence-electron chi connectivity index (χ4n) is 5.49. The Bertz CT molecular complexity index is 1220. The molecule has 1 aromatic heterocycles. The van der Waals surface area contributed by atoms with Gasteiger partial charge < -0.3 is 19.1 Å². The van der Waals surface area contributed by atoms with Crippen LogP contribution in [0.4, 0.5) is 0 Å². The highest BCUT2D eigenvalue weighted by atomic mass is 16.5. The number of ether oxygens (including phenoxy) is 3. The Balaban J connectivity index is 1.73. The second-order valence-corrected chi connectivity index (χ2v) is 12.7. The molecule has 3 heterocycles. The molecule has 212 valence electrons. The van der Waals surface area contributed by atoms with Crippen molar-refractivity contribution in [3.8, 4) is 5.88 Å². The average molecular weight is 539 g/mol. The summed E-state index contributed by atoms with van der Waals surface area (Å²) >= 11 is 0. The van der Waals surface area contributed by atoms with Crippen molar-refractivity contribution in [2.24, 2.45) is 16.7 Å². The number of amides is 1. The van der Waals surface area contributed by atoms with Crippen LogP contribution in [-0.4, -0.2) is 59.6 Å². The van der Waals surface area contributed by atoms with E-state index >= 15 is 0 Å². The number of fused-ring (bicyclic) bond motifs is 3. The Morgan fingerprint density at radius 1 is 1.21 bits per heavy atom. The summed E-state index contributed by atoms with van der Waals surface area (Å²) in [5, 5.41) is 1.93. The van der Waals surface area contributed by atoms with Crippen LogP contribution >= 0.6 is 0 Å². The summed E-state index contributed by atoms with van der Waals surface area (Å²) in [6, 6.07) is 7.47. The number of aromatic nitrogens is 1. The highest BCUT2D eigenvalue weighted by molar-refractivity contribution is 5.90. The van der Waals surface area contributed by atoms with Crippen molar-refractivity contribution in [3.63, 3.8) is 0 Å². The third-order valence-electron chi connectivity index (χ3n) is 7.83. The normalized spacial score (nSPS) is 24.6. The van der Waals surface area contributed by atoms with Gasteiger partial charge in [0.1, 0.15) is 12.1 Å². The molecule has 0 radical (unpaired) electrons. The molecule has 4 bridgehead atoms. The Morgan fingerprint density at radius 2 is 1.97 bits per heavy atom. The molecule has 0 aliphatic carbocycles. The second kappa shape index (κ2) is 11.5. The third-order valence-corrected chi connectivity index (χ3v) is 7.83. The van der Waals surface area contributed by atoms with Gasteiger partial charge in [-0.2, -0.15) is 0 Å². The SMILES string of the molecule is CCOC(=O)[C@@H]1C[C@@H]2CN1C(=O)[C@H](C(C)(C)C)CC(=O)OCC(C)(C)CCCc1ccc3ccnc(c3c1)O2. The van der Waals surface area contributed by atoms with E-state index in [-0.39, 0.29) is 43.9 Å². The zero-order valence-electron chi connectivity index (χ0n) is 24.1. The number of rotatable bonds is 2. The maximum Gasteiger partial charge on any atom is 0.328 e. The van der Waals surface area contributed by atoms with Crippen molar-refractivity contribution in [1.29, 1.82) is 0 Å². The minimum absolute atomic E-state index is 0.0542. The van der Waals surface area contributed by atoms with E-state index in [0.717, 1.165) is 30.0 Å². The maximum atomic E-state index is 14.0. The molecule has 0 spiro atoms. The van der Waals surface area contributed by atoms with Gasteiger partial charge in [0.25, 0.3) is 0 Å². The van der Waals surface area contributed by atoms with E-state index in [0.29, 0.717) is 5.88 Å². The van der Waals surface area contributed by atoms with Gasteiger partial charge in [0.2, 0.25) is 11.8 Å². The zero-order valence-corrected chi connectivity index (χ0v) is 24.1. The summed E-state index contributed by atoms with van der Waals surface area (Å²) in [5.41, 5.74) is 0.444. The van der Waals surface area contributed by atoms with Gasteiger partial charge in [-0.05, 0) is 60.1 Å². The van der Waals surface area contributed by atoms with Gasteiger partial charge in [-0.25, -0.2) is 9.78 Å². The number of aryl methyl sites for hydroxylation is 1. The van der Waals surface area contributed by atoms with E-state index in [4.69, 9.17) is 14.2 Å². The Kier molecular flexibility index (Phi) is 8.52. The largest absolute Gasteiger partial charge is 0.472 e. The lowest BCUT2D eigenvalue weighted by molar-refractivity contribution is -0.158. The van der Waals surface area contributed by atoms with Gasteiger partial charge in [-0.1, -0.05) is 46.8 Å². The lowest BCUT2D eigenvalue weighted by atomic mass is 9.77.